The topological polar surface area (TPSA) is 52.1 Å². The van der Waals surface area contributed by atoms with Gasteiger partial charge in [-0.1, -0.05) is 23.4 Å². The van der Waals surface area contributed by atoms with E-state index in [1.807, 2.05) is 0 Å². The zero-order chi connectivity index (χ0) is 11.3. The van der Waals surface area contributed by atoms with Crippen LogP contribution in [0.25, 0.3) is 0 Å². The van der Waals surface area contributed by atoms with Crippen LogP contribution in [-0.4, -0.2) is 28.3 Å². The van der Waals surface area contributed by atoms with Crippen molar-refractivity contribution in [2.24, 2.45) is 0 Å². The molecule has 0 spiro atoms. The third-order valence-corrected chi connectivity index (χ3v) is 2.85. The molecule has 15 heavy (non-hydrogen) atoms. The Bertz CT molecular complexity index is 362. The Labute approximate surface area is 101 Å². The van der Waals surface area contributed by atoms with Crippen LogP contribution in [0.3, 0.4) is 0 Å². The number of carbonyl (C=O) groups is 1. The van der Waals surface area contributed by atoms with E-state index in [4.69, 9.17) is 27.9 Å². The molecule has 82 valence electrons. The summed E-state index contributed by atoms with van der Waals surface area (Å²) in [6.07, 6.45) is 1.39. The Balaban J connectivity index is 2.57. The number of hydrogen-bond donors (Lipinski definition) is 0. The molecule has 0 saturated heterocycles. The van der Waals surface area contributed by atoms with Gasteiger partial charge in [0.15, 0.2) is 0 Å². The zero-order valence-electron chi connectivity index (χ0n) is 7.87. The molecule has 0 unspecified atom stereocenters. The van der Waals surface area contributed by atoms with Crippen molar-refractivity contribution in [1.82, 2.24) is 9.97 Å². The van der Waals surface area contributed by atoms with Crippen LogP contribution in [0.15, 0.2) is 11.2 Å². The lowest BCUT2D eigenvalue weighted by Crippen LogP contribution is -2.06. The van der Waals surface area contributed by atoms with Crippen molar-refractivity contribution in [3.05, 3.63) is 16.5 Å². The third kappa shape index (κ3) is 4.24. The van der Waals surface area contributed by atoms with Crippen molar-refractivity contribution < 1.29 is 9.53 Å². The van der Waals surface area contributed by atoms with Gasteiger partial charge in [-0.05, 0) is 18.5 Å². The molecule has 0 radical (unpaired) electrons. The van der Waals surface area contributed by atoms with Gasteiger partial charge in [-0.25, -0.2) is 9.97 Å². The maximum absolute atomic E-state index is 11.1. The van der Waals surface area contributed by atoms with E-state index in [0.29, 0.717) is 16.7 Å². The summed E-state index contributed by atoms with van der Waals surface area (Å²) < 4.78 is 4.75. The van der Waals surface area contributed by atoms with Gasteiger partial charge in [0, 0.05) is 0 Å². The lowest BCUT2D eigenvalue weighted by molar-refractivity contribution is -0.139. The monoisotopic (exact) mass is 266 g/mol. The normalized spacial score (nSPS) is 10.1. The minimum absolute atomic E-state index is 0.103. The fraction of sp³-hybridized carbons (Fsp3) is 0.375. The van der Waals surface area contributed by atoms with Crippen molar-refractivity contribution in [2.45, 2.75) is 11.9 Å². The van der Waals surface area contributed by atoms with E-state index in [-0.39, 0.29) is 17.0 Å². The average Bonchev–Trinajstić information content (AvgIpc) is 2.20. The molecule has 0 N–H and O–H groups in total. The molecule has 0 atom stereocenters. The van der Waals surface area contributed by atoms with E-state index in [1.165, 1.54) is 18.0 Å². The maximum Gasteiger partial charge on any atom is 0.316 e. The molecule has 0 saturated carbocycles. The first kappa shape index (κ1) is 12.5. The summed E-state index contributed by atoms with van der Waals surface area (Å²) in [4.78, 5) is 18.6. The fourth-order valence-electron chi connectivity index (χ4n) is 0.762. The van der Waals surface area contributed by atoms with E-state index < -0.39 is 0 Å². The van der Waals surface area contributed by atoms with E-state index in [2.05, 4.69) is 9.97 Å². The van der Waals surface area contributed by atoms with Gasteiger partial charge in [-0.2, -0.15) is 0 Å². The molecule has 0 aromatic carbocycles. The van der Waals surface area contributed by atoms with Gasteiger partial charge in [0.05, 0.1) is 23.6 Å². The summed E-state index contributed by atoms with van der Waals surface area (Å²) >= 11 is 12.6. The molecule has 1 aromatic rings. The number of rotatable bonds is 4. The number of hydrogen-bond acceptors (Lipinski definition) is 5. The van der Waals surface area contributed by atoms with Crippen LogP contribution in [-0.2, 0) is 9.53 Å². The number of halogens is 2. The number of carbonyl (C=O) groups excluding carboxylic acids is 1. The highest BCUT2D eigenvalue weighted by Crippen LogP contribution is 2.25. The summed E-state index contributed by atoms with van der Waals surface area (Å²) in [6.45, 7) is 2.11. The van der Waals surface area contributed by atoms with E-state index in [1.54, 1.807) is 6.92 Å². The van der Waals surface area contributed by atoms with E-state index >= 15 is 0 Å². The average molecular weight is 267 g/mol. The van der Waals surface area contributed by atoms with Gasteiger partial charge in [0.2, 0.25) is 5.28 Å². The van der Waals surface area contributed by atoms with Crippen LogP contribution < -0.4 is 0 Å². The van der Waals surface area contributed by atoms with Crippen LogP contribution in [0.2, 0.25) is 10.3 Å². The van der Waals surface area contributed by atoms with Gasteiger partial charge < -0.3 is 4.74 Å². The van der Waals surface area contributed by atoms with Gasteiger partial charge in [-0.3, -0.25) is 4.79 Å². The van der Waals surface area contributed by atoms with Gasteiger partial charge in [0.25, 0.3) is 0 Å². The minimum Gasteiger partial charge on any atom is -0.465 e. The lowest BCUT2D eigenvalue weighted by atomic mass is 10.7. The molecule has 0 aliphatic rings. The summed E-state index contributed by atoms with van der Waals surface area (Å²) in [5.74, 6) is -0.158. The van der Waals surface area contributed by atoms with Crippen molar-refractivity contribution in [3.63, 3.8) is 0 Å². The standard InChI is InChI=1S/C8H8Cl2N2O2S/c1-2-14-6(13)4-15-7-5(9)3-11-8(10)12-7/h3H,2,4H2,1H3. The van der Waals surface area contributed by atoms with Crippen LogP contribution in [0.5, 0.6) is 0 Å². The first-order chi connectivity index (χ1) is 7.13. The predicted octanol–water partition coefficient (Wildman–Crippen LogP) is 2.44. The second-order valence-electron chi connectivity index (χ2n) is 2.39. The quantitative estimate of drug-likeness (QED) is 0.363. The van der Waals surface area contributed by atoms with Crippen molar-refractivity contribution in [1.29, 1.82) is 0 Å². The SMILES string of the molecule is CCOC(=O)CSc1nc(Cl)ncc1Cl. The Morgan fingerprint density at radius 1 is 1.60 bits per heavy atom. The highest BCUT2D eigenvalue weighted by atomic mass is 35.5. The van der Waals surface area contributed by atoms with Crippen molar-refractivity contribution >= 4 is 40.9 Å². The molecular formula is C8H8Cl2N2O2S. The smallest absolute Gasteiger partial charge is 0.316 e. The number of thioether (sulfide) groups is 1. The summed E-state index contributed by atoms with van der Waals surface area (Å²) in [7, 11) is 0. The minimum atomic E-state index is -0.312. The number of ether oxygens (including phenoxy) is 1. The Hall–Kier alpha value is -0.520. The summed E-state index contributed by atoms with van der Waals surface area (Å²) in [6, 6.07) is 0. The molecule has 0 amide bonds. The van der Waals surface area contributed by atoms with E-state index in [0.717, 1.165) is 0 Å². The van der Waals surface area contributed by atoms with Crippen LogP contribution >= 0.6 is 35.0 Å². The third-order valence-electron chi connectivity index (χ3n) is 1.31. The predicted molar refractivity (Wildman–Crippen MR) is 59.4 cm³/mol. The van der Waals surface area contributed by atoms with Crippen LogP contribution in [0, 0.1) is 0 Å². The van der Waals surface area contributed by atoms with E-state index in [9.17, 15) is 4.79 Å². The number of aromatic nitrogens is 2. The van der Waals surface area contributed by atoms with Gasteiger partial charge in [0.1, 0.15) is 5.03 Å². The van der Waals surface area contributed by atoms with Crippen LogP contribution in [0.4, 0.5) is 0 Å². The summed E-state index contributed by atoms with van der Waals surface area (Å²) in [5.41, 5.74) is 0. The Kier molecular flexibility index (Phi) is 5.14. The molecule has 0 bridgehead atoms. The molecule has 0 fully saturated rings. The Morgan fingerprint density at radius 3 is 3.00 bits per heavy atom. The zero-order valence-corrected chi connectivity index (χ0v) is 10.2. The van der Waals surface area contributed by atoms with Gasteiger partial charge in [-0.15, -0.1) is 0 Å². The second-order valence-corrected chi connectivity index (χ2v) is 4.10. The highest BCUT2D eigenvalue weighted by molar-refractivity contribution is 8.00. The molecule has 0 aliphatic heterocycles. The second kappa shape index (κ2) is 6.15. The molecule has 1 heterocycles. The summed E-state index contributed by atoms with van der Waals surface area (Å²) in [5, 5.41) is 0.948. The fourth-order valence-corrected chi connectivity index (χ4v) is 1.88. The van der Waals surface area contributed by atoms with Gasteiger partial charge >= 0.3 is 5.97 Å². The molecule has 0 aliphatic carbocycles. The van der Waals surface area contributed by atoms with Crippen molar-refractivity contribution in [3.8, 4) is 0 Å². The van der Waals surface area contributed by atoms with Crippen LogP contribution in [0.1, 0.15) is 6.92 Å². The lowest BCUT2D eigenvalue weighted by Gasteiger charge is -2.02. The largest absolute Gasteiger partial charge is 0.465 e. The van der Waals surface area contributed by atoms with Crippen molar-refractivity contribution in [2.75, 3.05) is 12.4 Å². The maximum atomic E-state index is 11.1. The molecule has 4 nitrogen and oxygen atoms in total. The molecule has 1 rings (SSSR count). The first-order valence-corrected chi connectivity index (χ1v) is 5.84. The first-order valence-electron chi connectivity index (χ1n) is 4.10. The molecular weight excluding hydrogens is 259 g/mol. The number of esters is 1. The highest BCUT2D eigenvalue weighted by Gasteiger charge is 2.08. The number of nitrogens with zero attached hydrogens (tertiary/aromatic N) is 2. The Morgan fingerprint density at radius 2 is 2.33 bits per heavy atom. The molecule has 1 aromatic heterocycles. The molecule has 7 heteroatoms.